The normalized spacial score (nSPS) is 11.5. The number of para-hydroxylation sites is 1. The van der Waals surface area contributed by atoms with Gasteiger partial charge in [-0.2, -0.15) is 0 Å². The average Bonchev–Trinajstić information content (AvgIpc) is 2.31. The molecule has 0 heterocycles. The zero-order valence-corrected chi connectivity index (χ0v) is 18.3. The van der Waals surface area contributed by atoms with Crippen molar-refractivity contribution in [3.8, 4) is 5.75 Å². The molecule has 5 N–H and O–H groups in total. The van der Waals surface area contributed by atoms with Crippen LogP contribution in [0.4, 0.5) is 0 Å². The molecule has 0 aliphatic carbocycles. The summed E-state index contributed by atoms with van der Waals surface area (Å²) in [4.78, 5) is 35.5. The van der Waals surface area contributed by atoms with Gasteiger partial charge in [0.2, 0.25) is 5.52 Å². The van der Waals surface area contributed by atoms with Crippen LogP contribution in [0.15, 0.2) is 30.3 Å². The Morgan fingerprint density at radius 1 is 1.00 bits per heavy atom. The van der Waals surface area contributed by atoms with Gasteiger partial charge in [0, 0.05) is 59.1 Å². The van der Waals surface area contributed by atoms with Crippen LogP contribution < -0.4 is 10.1 Å². The topological polar surface area (TPSA) is 136 Å². The van der Waals surface area contributed by atoms with Gasteiger partial charge < -0.3 is 24.3 Å². The fourth-order valence-corrected chi connectivity index (χ4v) is 3.75. The largest absolute Gasteiger partial charge is 0.494 e. The first-order valence-electron chi connectivity index (χ1n) is 5.73. The molecule has 2 radical (unpaired) electrons. The summed E-state index contributed by atoms with van der Waals surface area (Å²) < 4.78 is 27.3. The molecule has 0 unspecified atom stereocenters. The first-order chi connectivity index (χ1) is 9.21. The molecular formula is C10H17NNa2O7P2. The van der Waals surface area contributed by atoms with Gasteiger partial charge in [-0.3, -0.25) is 14.4 Å². The van der Waals surface area contributed by atoms with E-state index in [0.29, 0.717) is 12.2 Å². The summed E-state index contributed by atoms with van der Waals surface area (Å²) >= 11 is 0. The molecule has 0 spiro atoms. The molecule has 8 nitrogen and oxygen atoms in total. The third-order valence-electron chi connectivity index (χ3n) is 2.30. The van der Waals surface area contributed by atoms with Crippen LogP contribution in [0.3, 0.4) is 0 Å². The standard InChI is InChI=1S/C10H17NO7P2.2Na/c12-19(13,14)10(20(15,16)17)11-7-4-8-18-9-5-2-1-3-6-9;;/h1-3,5-6,10-11H,4,7-8H2,(H2,12,13,14)(H2,15,16,17);;. The van der Waals surface area contributed by atoms with Gasteiger partial charge in [-0.1, -0.05) is 18.2 Å². The molecule has 0 saturated heterocycles. The molecule has 0 bridgehead atoms. The summed E-state index contributed by atoms with van der Waals surface area (Å²) in [6.45, 7) is 0.264. The van der Waals surface area contributed by atoms with Gasteiger partial charge in [0.15, 0.2) is 0 Å². The summed E-state index contributed by atoms with van der Waals surface area (Å²) in [5.74, 6) is 0.647. The fourth-order valence-electron chi connectivity index (χ4n) is 1.44. The predicted molar refractivity (Wildman–Crippen MR) is 83.9 cm³/mol. The maximum absolute atomic E-state index is 11.0. The molecule has 22 heavy (non-hydrogen) atoms. The average molecular weight is 371 g/mol. The summed E-state index contributed by atoms with van der Waals surface area (Å²) in [6, 6.07) is 8.93. The van der Waals surface area contributed by atoms with E-state index in [1.54, 1.807) is 24.3 Å². The molecule has 0 saturated carbocycles. The van der Waals surface area contributed by atoms with Crippen molar-refractivity contribution in [2.24, 2.45) is 0 Å². The van der Waals surface area contributed by atoms with E-state index in [2.05, 4.69) is 5.32 Å². The second-order valence-corrected chi connectivity index (χ2v) is 7.82. The Labute approximate surface area is 172 Å². The number of hydrogen-bond acceptors (Lipinski definition) is 4. The number of rotatable bonds is 8. The number of ether oxygens (including phenoxy) is 1. The van der Waals surface area contributed by atoms with Crippen molar-refractivity contribution < 1.29 is 33.4 Å². The minimum absolute atomic E-state index is 0. The van der Waals surface area contributed by atoms with Gasteiger partial charge in [-0.25, -0.2) is 0 Å². The van der Waals surface area contributed by atoms with Gasteiger partial charge >= 0.3 is 15.2 Å². The van der Waals surface area contributed by atoms with Crippen LogP contribution in [-0.2, 0) is 9.13 Å². The van der Waals surface area contributed by atoms with Gasteiger partial charge in [0.05, 0.1) is 6.61 Å². The SMILES string of the molecule is O=P(O)(O)C(NCCCOc1ccccc1)P(=O)(O)O.[Na].[Na]. The van der Waals surface area contributed by atoms with Crippen LogP contribution in [0.5, 0.6) is 5.75 Å². The fraction of sp³-hybridized carbons (Fsp3) is 0.400. The maximum Gasteiger partial charge on any atom is 0.354 e. The van der Waals surface area contributed by atoms with Gasteiger partial charge in [0.25, 0.3) is 0 Å². The van der Waals surface area contributed by atoms with Crippen LogP contribution in [0.25, 0.3) is 0 Å². The van der Waals surface area contributed by atoms with Crippen molar-refractivity contribution in [1.29, 1.82) is 0 Å². The molecule has 0 atom stereocenters. The Bertz CT molecular complexity index is 485. The number of benzene rings is 1. The molecule has 1 aromatic carbocycles. The van der Waals surface area contributed by atoms with E-state index >= 15 is 0 Å². The Morgan fingerprint density at radius 3 is 1.95 bits per heavy atom. The summed E-state index contributed by atoms with van der Waals surface area (Å²) in [7, 11) is -9.84. The molecule has 1 aromatic rings. The zero-order chi connectivity index (χ0) is 15.2. The molecule has 12 heteroatoms. The third kappa shape index (κ3) is 10.2. The van der Waals surface area contributed by atoms with E-state index in [4.69, 9.17) is 24.3 Å². The number of nitrogens with one attached hydrogen (secondary N) is 1. The van der Waals surface area contributed by atoms with Crippen molar-refractivity contribution in [3.63, 3.8) is 0 Å². The minimum Gasteiger partial charge on any atom is -0.494 e. The molecule has 0 fully saturated rings. The van der Waals surface area contributed by atoms with Crippen molar-refractivity contribution in [2.75, 3.05) is 13.2 Å². The van der Waals surface area contributed by atoms with Gasteiger partial charge in [0.1, 0.15) is 5.75 Å². The summed E-state index contributed by atoms with van der Waals surface area (Å²) in [5, 5.41) is 2.18. The second kappa shape index (κ2) is 11.8. The van der Waals surface area contributed by atoms with E-state index < -0.39 is 20.7 Å². The van der Waals surface area contributed by atoms with Gasteiger partial charge in [-0.15, -0.1) is 0 Å². The Balaban J connectivity index is 0. The predicted octanol–water partition coefficient (Wildman–Crippen LogP) is -0.0775. The van der Waals surface area contributed by atoms with Crippen LogP contribution in [0, 0.1) is 0 Å². The van der Waals surface area contributed by atoms with E-state index in [1.807, 2.05) is 6.07 Å². The second-order valence-electron chi connectivity index (χ2n) is 4.02. The Hall–Kier alpha value is 1.28. The van der Waals surface area contributed by atoms with E-state index in [1.165, 1.54) is 0 Å². The Morgan fingerprint density at radius 2 is 1.50 bits per heavy atom. The molecule has 1 rings (SSSR count). The molecule has 0 aliphatic heterocycles. The van der Waals surface area contributed by atoms with Crippen molar-refractivity contribution in [3.05, 3.63) is 30.3 Å². The number of hydrogen-bond donors (Lipinski definition) is 5. The zero-order valence-electron chi connectivity index (χ0n) is 12.5. The smallest absolute Gasteiger partial charge is 0.354 e. The van der Waals surface area contributed by atoms with Crippen molar-refractivity contribution in [1.82, 2.24) is 5.32 Å². The molecular weight excluding hydrogens is 354 g/mol. The molecule has 116 valence electrons. The van der Waals surface area contributed by atoms with E-state index in [-0.39, 0.29) is 72.3 Å². The minimum atomic E-state index is -4.92. The quantitative estimate of drug-likeness (QED) is 0.243. The van der Waals surface area contributed by atoms with Crippen molar-refractivity contribution in [2.45, 2.75) is 11.9 Å². The molecule has 0 aromatic heterocycles. The van der Waals surface area contributed by atoms with Crippen LogP contribution in [0.1, 0.15) is 6.42 Å². The van der Waals surface area contributed by atoms with Crippen LogP contribution >= 0.6 is 15.2 Å². The Kier molecular flexibility index (Phi) is 13.7. The first-order valence-corrected chi connectivity index (χ1v) is 9.09. The summed E-state index contributed by atoms with van der Waals surface area (Å²) in [5.41, 5.74) is -2.17. The third-order valence-corrected chi connectivity index (χ3v) is 5.74. The summed E-state index contributed by atoms with van der Waals surface area (Å²) in [6.07, 6.45) is 0.339. The van der Waals surface area contributed by atoms with Crippen molar-refractivity contribution >= 4 is 74.3 Å². The maximum atomic E-state index is 11.0. The van der Waals surface area contributed by atoms with Crippen LogP contribution in [-0.4, -0.2) is 97.4 Å². The molecule has 0 aliphatic rings. The van der Waals surface area contributed by atoms with Crippen LogP contribution in [0.2, 0.25) is 0 Å². The van der Waals surface area contributed by atoms with Gasteiger partial charge in [-0.05, 0) is 25.1 Å². The monoisotopic (exact) mass is 371 g/mol. The first kappa shape index (κ1) is 25.5. The van der Waals surface area contributed by atoms with E-state index in [9.17, 15) is 9.13 Å². The van der Waals surface area contributed by atoms with E-state index in [0.717, 1.165) is 0 Å². The molecule has 0 amide bonds.